The summed E-state index contributed by atoms with van der Waals surface area (Å²) in [6.45, 7) is 1.27. The van der Waals surface area contributed by atoms with E-state index in [1.807, 2.05) is 0 Å². The lowest BCUT2D eigenvalue weighted by molar-refractivity contribution is -0.140. The molecule has 1 atom stereocenters. The summed E-state index contributed by atoms with van der Waals surface area (Å²) in [7, 11) is 3.26. The van der Waals surface area contributed by atoms with Gasteiger partial charge in [-0.2, -0.15) is 0 Å². The highest BCUT2D eigenvalue weighted by Gasteiger charge is 2.37. The maximum Gasteiger partial charge on any atom is 0.236 e. The second kappa shape index (κ2) is 6.70. The van der Waals surface area contributed by atoms with Crippen LogP contribution in [0.4, 0.5) is 0 Å². The summed E-state index contributed by atoms with van der Waals surface area (Å²) in [4.78, 5) is 24.7. The lowest BCUT2D eigenvalue weighted by Crippen LogP contribution is -2.53. The van der Waals surface area contributed by atoms with Gasteiger partial charge in [-0.15, -0.1) is 0 Å². The van der Waals surface area contributed by atoms with Crippen LogP contribution in [-0.4, -0.2) is 56.1 Å². The largest absolute Gasteiger partial charge is 0.376 e. The predicted octanol–water partition coefficient (Wildman–Crippen LogP) is -0.521. The average Bonchev–Trinajstić information content (AvgIpc) is 2.44. The zero-order valence-corrected chi connectivity index (χ0v) is 11.2. The lowest BCUT2D eigenvalue weighted by Gasteiger charge is -2.41. The topological polar surface area (TPSA) is 84.7 Å². The smallest absolute Gasteiger partial charge is 0.236 e. The molecule has 0 aliphatic carbocycles. The number of carbonyl (C=O) groups is 2. The summed E-state index contributed by atoms with van der Waals surface area (Å²) in [5.74, 6) is -0.0650. The molecule has 1 aliphatic rings. The molecule has 6 nitrogen and oxygen atoms in total. The summed E-state index contributed by atoms with van der Waals surface area (Å²) in [6.07, 6.45) is 2.79. The fourth-order valence-electron chi connectivity index (χ4n) is 2.38. The Morgan fingerprint density at radius 2 is 2.22 bits per heavy atom. The van der Waals surface area contributed by atoms with Crippen molar-refractivity contribution < 1.29 is 14.3 Å². The summed E-state index contributed by atoms with van der Waals surface area (Å²) in [5, 5.41) is 2.60. The Balaban J connectivity index is 2.62. The van der Waals surface area contributed by atoms with Crippen LogP contribution in [0.1, 0.15) is 25.7 Å². The van der Waals surface area contributed by atoms with E-state index in [0.29, 0.717) is 19.4 Å². The number of likely N-dealkylation sites (tertiary alicyclic amines) is 1. The van der Waals surface area contributed by atoms with Gasteiger partial charge in [-0.25, -0.2) is 0 Å². The van der Waals surface area contributed by atoms with Gasteiger partial charge in [0.2, 0.25) is 11.8 Å². The van der Waals surface area contributed by atoms with Gasteiger partial charge in [-0.1, -0.05) is 0 Å². The first kappa shape index (κ1) is 14.9. The number of ether oxygens (including phenoxy) is 1. The van der Waals surface area contributed by atoms with Crippen LogP contribution in [0, 0.1) is 0 Å². The number of amides is 2. The van der Waals surface area contributed by atoms with Gasteiger partial charge in [0.15, 0.2) is 0 Å². The Morgan fingerprint density at radius 3 is 2.78 bits per heavy atom. The molecule has 104 valence electrons. The van der Waals surface area contributed by atoms with Crippen LogP contribution in [0.2, 0.25) is 0 Å². The Hall–Kier alpha value is -1.14. The van der Waals surface area contributed by atoms with Crippen LogP contribution >= 0.6 is 0 Å². The van der Waals surface area contributed by atoms with Crippen molar-refractivity contribution in [1.82, 2.24) is 10.2 Å². The highest BCUT2D eigenvalue weighted by molar-refractivity contribution is 5.78. The minimum atomic E-state index is -0.407. The Morgan fingerprint density at radius 1 is 1.50 bits per heavy atom. The Bertz CT molecular complexity index is 309. The number of carbonyl (C=O) groups excluding carboxylic acids is 2. The van der Waals surface area contributed by atoms with Gasteiger partial charge in [0.05, 0.1) is 12.1 Å². The van der Waals surface area contributed by atoms with Crippen LogP contribution in [0.25, 0.3) is 0 Å². The second-order valence-electron chi connectivity index (χ2n) is 4.68. The highest BCUT2D eigenvalue weighted by atomic mass is 16.5. The van der Waals surface area contributed by atoms with E-state index >= 15 is 0 Å². The van der Waals surface area contributed by atoms with Crippen molar-refractivity contribution in [2.24, 2.45) is 5.73 Å². The van der Waals surface area contributed by atoms with E-state index in [9.17, 15) is 9.59 Å². The molecule has 1 rings (SSSR count). The minimum absolute atomic E-state index is 0.00583. The highest BCUT2D eigenvalue weighted by Crippen LogP contribution is 2.29. The van der Waals surface area contributed by atoms with Gasteiger partial charge in [0.1, 0.15) is 0 Å². The molecule has 3 N–H and O–H groups in total. The number of piperidine rings is 1. The zero-order chi connectivity index (χ0) is 13.6. The average molecular weight is 257 g/mol. The molecule has 0 aromatic heterocycles. The van der Waals surface area contributed by atoms with Crippen molar-refractivity contribution in [3.05, 3.63) is 0 Å². The Labute approximate surface area is 108 Å². The van der Waals surface area contributed by atoms with Crippen molar-refractivity contribution in [2.75, 3.05) is 33.8 Å². The van der Waals surface area contributed by atoms with E-state index in [2.05, 4.69) is 5.32 Å². The third kappa shape index (κ3) is 3.68. The summed E-state index contributed by atoms with van der Waals surface area (Å²) >= 11 is 0. The first-order valence-electron chi connectivity index (χ1n) is 6.30. The molecule has 1 fully saturated rings. The van der Waals surface area contributed by atoms with E-state index in [1.54, 1.807) is 19.1 Å². The van der Waals surface area contributed by atoms with Crippen molar-refractivity contribution >= 4 is 11.8 Å². The maximum absolute atomic E-state index is 11.6. The monoisotopic (exact) mass is 257 g/mol. The van der Waals surface area contributed by atoms with Crippen LogP contribution in [-0.2, 0) is 14.3 Å². The fraction of sp³-hybridized carbons (Fsp3) is 0.833. The molecule has 0 radical (unpaired) electrons. The number of methoxy groups -OCH3 is 1. The van der Waals surface area contributed by atoms with Crippen LogP contribution < -0.4 is 11.1 Å². The van der Waals surface area contributed by atoms with Gasteiger partial charge in [-0.05, 0) is 19.3 Å². The van der Waals surface area contributed by atoms with Crippen LogP contribution in [0.15, 0.2) is 0 Å². The molecular formula is C12H23N3O3. The number of hydrogen-bond donors (Lipinski definition) is 2. The van der Waals surface area contributed by atoms with Crippen molar-refractivity contribution in [3.8, 4) is 0 Å². The second-order valence-corrected chi connectivity index (χ2v) is 4.68. The summed E-state index contributed by atoms with van der Waals surface area (Å²) in [6, 6.07) is 0. The molecule has 2 amide bonds. The van der Waals surface area contributed by atoms with Crippen LogP contribution in [0.3, 0.4) is 0 Å². The Kier molecular flexibility index (Phi) is 5.55. The normalized spacial score (nSPS) is 23.8. The van der Waals surface area contributed by atoms with Crippen molar-refractivity contribution in [3.63, 3.8) is 0 Å². The fourth-order valence-corrected chi connectivity index (χ4v) is 2.38. The van der Waals surface area contributed by atoms with E-state index in [1.165, 1.54) is 0 Å². The number of nitrogens with one attached hydrogen (secondary N) is 1. The van der Waals surface area contributed by atoms with Gasteiger partial charge in [-0.3, -0.25) is 9.59 Å². The van der Waals surface area contributed by atoms with Crippen molar-refractivity contribution in [2.45, 2.75) is 31.3 Å². The molecule has 0 saturated carbocycles. The number of rotatable bonds is 5. The quantitative estimate of drug-likeness (QED) is 0.694. The third-order valence-electron chi connectivity index (χ3n) is 3.59. The van der Waals surface area contributed by atoms with Gasteiger partial charge in [0.25, 0.3) is 0 Å². The molecular weight excluding hydrogens is 234 g/mol. The molecule has 1 saturated heterocycles. The van der Waals surface area contributed by atoms with E-state index in [4.69, 9.17) is 10.5 Å². The van der Waals surface area contributed by atoms with Gasteiger partial charge in [0, 0.05) is 33.7 Å². The van der Waals surface area contributed by atoms with E-state index in [-0.39, 0.29) is 18.4 Å². The molecule has 0 unspecified atom stereocenters. The summed E-state index contributed by atoms with van der Waals surface area (Å²) in [5.41, 5.74) is 4.97. The molecule has 6 heteroatoms. The van der Waals surface area contributed by atoms with Gasteiger partial charge < -0.3 is 20.7 Å². The molecule has 0 spiro atoms. The van der Waals surface area contributed by atoms with E-state index in [0.717, 1.165) is 19.4 Å². The minimum Gasteiger partial charge on any atom is -0.376 e. The predicted molar refractivity (Wildman–Crippen MR) is 67.9 cm³/mol. The number of nitrogens with zero attached hydrogens (tertiary/aromatic N) is 1. The van der Waals surface area contributed by atoms with E-state index < -0.39 is 5.60 Å². The molecule has 0 bridgehead atoms. The third-order valence-corrected chi connectivity index (χ3v) is 3.59. The SMILES string of the molecule is CNC(=O)CC[C@@]1(OC)CCCN(C(=O)CN)C1. The summed E-state index contributed by atoms with van der Waals surface area (Å²) < 4.78 is 5.58. The molecule has 1 aliphatic heterocycles. The molecule has 18 heavy (non-hydrogen) atoms. The number of nitrogens with two attached hydrogens (primary N) is 1. The van der Waals surface area contributed by atoms with Crippen molar-refractivity contribution in [1.29, 1.82) is 0 Å². The standard InChI is InChI=1S/C12H23N3O3/c1-14-10(16)4-6-12(18-2)5-3-7-15(9-12)11(17)8-13/h3-9,13H2,1-2H3,(H,14,16)/t12-/m0/s1. The van der Waals surface area contributed by atoms with Gasteiger partial charge >= 0.3 is 0 Å². The first-order chi connectivity index (χ1) is 8.56. The number of hydrogen-bond acceptors (Lipinski definition) is 4. The lowest BCUT2D eigenvalue weighted by atomic mass is 9.87. The molecule has 0 aromatic carbocycles. The molecule has 0 aromatic rings. The van der Waals surface area contributed by atoms with Crippen LogP contribution in [0.5, 0.6) is 0 Å². The maximum atomic E-state index is 11.6. The zero-order valence-electron chi connectivity index (χ0n) is 11.2. The first-order valence-corrected chi connectivity index (χ1v) is 6.30. The molecule has 1 heterocycles.